The number of aryl methyl sites for hydroxylation is 1. The minimum Gasteiger partial charge on any atom is -0.358 e. The fraction of sp³-hybridized carbons (Fsp3) is 0.300. The molecule has 2 aliphatic rings. The quantitative estimate of drug-likeness (QED) is 0.423. The molecule has 5 rings (SSSR count). The van der Waals surface area contributed by atoms with Crippen LogP contribution in [0.15, 0.2) is 42.5 Å². The van der Waals surface area contributed by atoms with E-state index in [9.17, 15) is 18.8 Å². The van der Waals surface area contributed by atoms with Crippen molar-refractivity contribution in [3.05, 3.63) is 76.4 Å². The van der Waals surface area contributed by atoms with Crippen molar-refractivity contribution in [2.75, 3.05) is 44.6 Å². The normalized spacial score (nSPS) is 16.4. The van der Waals surface area contributed by atoms with Crippen molar-refractivity contribution in [3.63, 3.8) is 0 Å². The predicted molar refractivity (Wildman–Crippen MR) is 150 cm³/mol. The lowest BCUT2D eigenvalue weighted by Gasteiger charge is -2.34. The first-order valence-corrected chi connectivity index (χ1v) is 13.1. The van der Waals surface area contributed by atoms with Crippen molar-refractivity contribution < 1.29 is 18.8 Å². The lowest BCUT2D eigenvalue weighted by Crippen LogP contribution is -2.49. The van der Waals surface area contributed by atoms with Crippen molar-refractivity contribution >= 4 is 35.1 Å². The number of benzene rings is 2. The zero-order valence-corrected chi connectivity index (χ0v) is 22.4. The van der Waals surface area contributed by atoms with Crippen molar-refractivity contribution in [2.24, 2.45) is 0 Å². The molecule has 1 saturated heterocycles. The van der Waals surface area contributed by atoms with Gasteiger partial charge < -0.3 is 20.5 Å². The maximum Gasteiger partial charge on any atom is 0.256 e. The second-order valence-corrected chi connectivity index (χ2v) is 9.99. The first kappa shape index (κ1) is 26.4. The standard InChI is InChI=1S/C30H32FN5O3/c1-18-26(33-19(2)27(18)30(39)32-11-12-35-13-15-36(16-14-35)20(3)37)17-23-28-22(21-7-4-5-9-24(21)31)8-6-10-25(28)34-29(23)38/h4-10,17,33H,11-16H2,1-3H3,(H,32,39)(H,34,38). The van der Waals surface area contributed by atoms with Gasteiger partial charge in [0.1, 0.15) is 5.82 Å². The minimum absolute atomic E-state index is 0.0918. The molecule has 202 valence electrons. The Labute approximate surface area is 226 Å². The number of H-pyrrole nitrogens is 1. The number of amides is 3. The maximum absolute atomic E-state index is 14.7. The van der Waals surface area contributed by atoms with Crippen LogP contribution in [0.2, 0.25) is 0 Å². The molecule has 0 unspecified atom stereocenters. The van der Waals surface area contributed by atoms with E-state index in [0.29, 0.717) is 71.1 Å². The predicted octanol–water partition coefficient (Wildman–Crippen LogP) is 3.82. The fourth-order valence-electron chi connectivity index (χ4n) is 5.40. The Balaban J connectivity index is 1.35. The Morgan fingerprint density at radius 1 is 1.03 bits per heavy atom. The van der Waals surface area contributed by atoms with E-state index in [4.69, 9.17) is 0 Å². The Kier molecular flexibility index (Phi) is 7.34. The van der Waals surface area contributed by atoms with Crippen LogP contribution in [0.3, 0.4) is 0 Å². The third kappa shape index (κ3) is 5.22. The Morgan fingerprint density at radius 3 is 2.46 bits per heavy atom. The molecule has 0 aliphatic carbocycles. The number of piperazine rings is 1. The van der Waals surface area contributed by atoms with E-state index >= 15 is 0 Å². The molecule has 39 heavy (non-hydrogen) atoms. The molecule has 2 aromatic carbocycles. The lowest BCUT2D eigenvalue weighted by atomic mass is 9.94. The van der Waals surface area contributed by atoms with E-state index in [1.807, 2.05) is 18.7 Å². The highest BCUT2D eigenvalue weighted by Gasteiger charge is 2.29. The third-order valence-electron chi connectivity index (χ3n) is 7.51. The summed E-state index contributed by atoms with van der Waals surface area (Å²) in [7, 11) is 0. The fourth-order valence-corrected chi connectivity index (χ4v) is 5.40. The first-order valence-electron chi connectivity index (χ1n) is 13.1. The number of hydrogen-bond donors (Lipinski definition) is 3. The van der Waals surface area contributed by atoms with Gasteiger partial charge in [-0.05, 0) is 43.2 Å². The number of carbonyl (C=O) groups excluding carboxylic acids is 3. The molecule has 1 aromatic heterocycles. The van der Waals surface area contributed by atoms with Crippen LogP contribution in [0, 0.1) is 19.7 Å². The number of hydrogen-bond acceptors (Lipinski definition) is 4. The summed E-state index contributed by atoms with van der Waals surface area (Å²) in [5, 5.41) is 5.89. The van der Waals surface area contributed by atoms with Gasteiger partial charge in [0, 0.05) is 74.4 Å². The largest absolute Gasteiger partial charge is 0.358 e. The minimum atomic E-state index is -0.365. The lowest BCUT2D eigenvalue weighted by molar-refractivity contribution is -0.130. The topological polar surface area (TPSA) is 97.5 Å². The van der Waals surface area contributed by atoms with Crippen LogP contribution < -0.4 is 10.6 Å². The van der Waals surface area contributed by atoms with Crippen LogP contribution in [-0.4, -0.2) is 71.8 Å². The van der Waals surface area contributed by atoms with Crippen LogP contribution in [0.5, 0.6) is 0 Å². The molecule has 3 heterocycles. The highest BCUT2D eigenvalue weighted by atomic mass is 19.1. The Morgan fingerprint density at radius 2 is 1.74 bits per heavy atom. The summed E-state index contributed by atoms with van der Waals surface area (Å²) in [5.41, 5.74) is 5.33. The summed E-state index contributed by atoms with van der Waals surface area (Å²) in [5.74, 6) is -0.738. The van der Waals surface area contributed by atoms with E-state index < -0.39 is 0 Å². The average molecular weight is 530 g/mol. The van der Waals surface area contributed by atoms with Crippen LogP contribution in [-0.2, 0) is 9.59 Å². The van der Waals surface area contributed by atoms with Gasteiger partial charge in [-0.25, -0.2) is 4.39 Å². The van der Waals surface area contributed by atoms with Gasteiger partial charge in [0.2, 0.25) is 5.91 Å². The second-order valence-electron chi connectivity index (χ2n) is 9.99. The summed E-state index contributed by atoms with van der Waals surface area (Å²) >= 11 is 0. The van der Waals surface area contributed by atoms with E-state index in [-0.39, 0.29) is 23.5 Å². The summed E-state index contributed by atoms with van der Waals surface area (Å²) in [6.07, 6.45) is 1.74. The van der Waals surface area contributed by atoms with E-state index in [1.54, 1.807) is 49.4 Å². The molecule has 8 nitrogen and oxygen atoms in total. The zero-order chi connectivity index (χ0) is 27.7. The highest BCUT2D eigenvalue weighted by Crippen LogP contribution is 2.41. The highest BCUT2D eigenvalue weighted by molar-refractivity contribution is 6.36. The molecule has 0 bridgehead atoms. The van der Waals surface area contributed by atoms with Crippen molar-refractivity contribution in [1.82, 2.24) is 20.1 Å². The van der Waals surface area contributed by atoms with Gasteiger partial charge in [-0.1, -0.05) is 30.3 Å². The van der Waals surface area contributed by atoms with Crippen molar-refractivity contribution in [2.45, 2.75) is 20.8 Å². The number of nitrogens with zero attached hydrogens (tertiary/aromatic N) is 2. The number of fused-ring (bicyclic) bond motifs is 1. The summed E-state index contributed by atoms with van der Waals surface area (Å²) < 4.78 is 14.7. The maximum atomic E-state index is 14.7. The molecule has 1 fully saturated rings. The van der Waals surface area contributed by atoms with Gasteiger partial charge in [-0.3, -0.25) is 19.3 Å². The number of rotatable bonds is 6. The molecule has 0 spiro atoms. The number of carbonyl (C=O) groups is 3. The second kappa shape index (κ2) is 10.9. The molecule has 3 N–H and O–H groups in total. The Hall–Kier alpha value is -4.24. The van der Waals surface area contributed by atoms with E-state index in [2.05, 4.69) is 20.5 Å². The van der Waals surface area contributed by atoms with Crippen molar-refractivity contribution in [3.8, 4) is 11.1 Å². The van der Waals surface area contributed by atoms with E-state index in [0.717, 1.165) is 18.7 Å². The number of nitrogens with one attached hydrogen (secondary N) is 3. The number of aromatic amines is 1. The van der Waals surface area contributed by atoms with Crippen LogP contribution >= 0.6 is 0 Å². The zero-order valence-electron chi connectivity index (χ0n) is 22.4. The van der Waals surface area contributed by atoms with Gasteiger partial charge >= 0.3 is 0 Å². The van der Waals surface area contributed by atoms with Gasteiger partial charge in [0.25, 0.3) is 11.8 Å². The molecular formula is C30H32FN5O3. The van der Waals surface area contributed by atoms with Gasteiger partial charge in [0.05, 0.1) is 11.1 Å². The van der Waals surface area contributed by atoms with Gasteiger partial charge in [-0.15, -0.1) is 0 Å². The van der Waals surface area contributed by atoms with Crippen molar-refractivity contribution in [1.29, 1.82) is 0 Å². The molecule has 0 saturated carbocycles. The Bertz CT molecular complexity index is 1480. The molecule has 3 aromatic rings. The van der Waals surface area contributed by atoms with Gasteiger partial charge in [-0.2, -0.15) is 0 Å². The smallest absolute Gasteiger partial charge is 0.256 e. The molecular weight excluding hydrogens is 497 g/mol. The summed E-state index contributed by atoms with van der Waals surface area (Å²) in [6, 6.07) is 11.9. The first-order chi connectivity index (χ1) is 18.7. The summed E-state index contributed by atoms with van der Waals surface area (Å²) in [6.45, 7) is 9.43. The molecule has 9 heteroatoms. The SMILES string of the molecule is CC(=O)N1CCN(CCNC(=O)c2c(C)[nH]c(C=C3C(=O)Nc4cccc(-c5ccccc5F)c43)c2C)CC1. The number of aromatic nitrogens is 1. The monoisotopic (exact) mass is 529 g/mol. The summed E-state index contributed by atoms with van der Waals surface area (Å²) in [4.78, 5) is 45.0. The number of halogens is 1. The molecule has 3 amide bonds. The molecule has 0 atom stereocenters. The number of anilines is 1. The third-order valence-corrected chi connectivity index (χ3v) is 7.51. The van der Waals surface area contributed by atoms with Crippen LogP contribution in [0.4, 0.5) is 10.1 Å². The van der Waals surface area contributed by atoms with Crippen LogP contribution in [0.1, 0.15) is 39.8 Å². The van der Waals surface area contributed by atoms with Crippen LogP contribution in [0.25, 0.3) is 22.8 Å². The van der Waals surface area contributed by atoms with E-state index in [1.165, 1.54) is 6.07 Å². The van der Waals surface area contributed by atoms with Gasteiger partial charge in [0.15, 0.2) is 0 Å². The average Bonchev–Trinajstić information content (AvgIpc) is 3.38. The molecule has 2 aliphatic heterocycles. The molecule has 0 radical (unpaired) electrons.